The molecule has 0 fully saturated rings. The third-order valence-corrected chi connectivity index (χ3v) is 5.21. The molecule has 0 radical (unpaired) electrons. The fourth-order valence-corrected chi connectivity index (χ4v) is 3.52. The molecular formula is C19H24N6S. The molecule has 0 bridgehead atoms. The number of hydrogen-bond donors (Lipinski definition) is 2. The molecule has 26 heavy (non-hydrogen) atoms. The summed E-state index contributed by atoms with van der Waals surface area (Å²) >= 11 is 1.84. The number of benzene rings is 1. The molecule has 0 aliphatic heterocycles. The maximum Gasteiger partial charge on any atom is 0.191 e. The van der Waals surface area contributed by atoms with Crippen LogP contribution in [-0.4, -0.2) is 27.8 Å². The van der Waals surface area contributed by atoms with E-state index in [0.717, 1.165) is 32.0 Å². The molecule has 3 rings (SSSR count). The lowest BCUT2D eigenvalue weighted by molar-refractivity contribution is 0.683. The fraction of sp³-hybridized carbons (Fsp3) is 0.316. The molecule has 0 aliphatic carbocycles. The van der Waals surface area contributed by atoms with E-state index in [2.05, 4.69) is 69.0 Å². The van der Waals surface area contributed by atoms with Gasteiger partial charge in [-0.1, -0.05) is 31.2 Å². The molecule has 0 aliphatic rings. The molecule has 2 N–H and O–H groups in total. The lowest BCUT2D eigenvalue weighted by Crippen LogP contribution is -2.36. The average Bonchev–Trinajstić information content (AvgIpc) is 3.34. The summed E-state index contributed by atoms with van der Waals surface area (Å²) in [5.74, 6) is 0.804. The summed E-state index contributed by atoms with van der Waals surface area (Å²) in [5, 5.41) is 10.9. The van der Waals surface area contributed by atoms with Crippen LogP contribution in [0.2, 0.25) is 0 Å². The van der Waals surface area contributed by atoms with E-state index in [9.17, 15) is 0 Å². The van der Waals surface area contributed by atoms with Crippen molar-refractivity contribution < 1.29 is 0 Å². The number of nitrogens with one attached hydrogen (secondary N) is 2. The Hall–Kier alpha value is -2.67. The van der Waals surface area contributed by atoms with E-state index in [0.29, 0.717) is 0 Å². The van der Waals surface area contributed by atoms with Crippen LogP contribution < -0.4 is 10.6 Å². The standard InChI is InChI=1S/C19H24N6S/c1-3-17-7-8-18(26-17)11-23-19(20-2)22-10-15-5-4-6-16(9-15)12-25-14-21-13-24-25/h4-9,13-14H,3,10-12H2,1-2H3,(H2,20,22,23). The van der Waals surface area contributed by atoms with Gasteiger partial charge in [0.15, 0.2) is 5.96 Å². The summed E-state index contributed by atoms with van der Waals surface area (Å²) in [5.41, 5.74) is 2.40. The number of aryl methyl sites for hydroxylation is 1. The summed E-state index contributed by atoms with van der Waals surface area (Å²) in [7, 11) is 1.79. The monoisotopic (exact) mass is 368 g/mol. The Morgan fingerprint density at radius 3 is 2.65 bits per heavy atom. The van der Waals surface area contributed by atoms with Crippen LogP contribution in [-0.2, 0) is 26.1 Å². The van der Waals surface area contributed by atoms with E-state index in [1.807, 2.05) is 16.0 Å². The Morgan fingerprint density at radius 1 is 1.12 bits per heavy atom. The van der Waals surface area contributed by atoms with Crippen LogP contribution in [0.25, 0.3) is 0 Å². The summed E-state index contributed by atoms with van der Waals surface area (Å²) in [6.45, 7) is 4.41. The average molecular weight is 369 g/mol. The van der Waals surface area contributed by atoms with Gasteiger partial charge < -0.3 is 10.6 Å². The third kappa shape index (κ3) is 5.16. The van der Waals surface area contributed by atoms with Crippen molar-refractivity contribution in [3.8, 4) is 0 Å². The van der Waals surface area contributed by atoms with Crippen LogP contribution in [0.3, 0.4) is 0 Å². The van der Waals surface area contributed by atoms with Gasteiger partial charge in [-0.05, 0) is 29.7 Å². The van der Waals surface area contributed by atoms with Crippen molar-refractivity contribution in [2.24, 2.45) is 4.99 Å². The van der Waals surface area contributed by atoms with Gasteiger partial charge in [-0.2, -0.15) is 5.10 Å². The van der Waals surface area contributed by atoms with Crippen molar-refractivity contribution >= 4 is 17.3 Å². The Balaban J connectivity index is 1.51. The molecule has 0 atom stereocenters. The number of rotatable bonds is 7. The Morgan fingerprint density at radius 2 is 1.92 bits per heavy atom. The van der Waals surface area contributed by atoms with Crippen LogP contribution in [0.15, 0.2) is 54.0 Å². The minimum atomic E-state index is 0.718. The van der Waals surface area contributed by atoms with Gasteiger partial charge in [0, 0.05) is 23.3 Å². The minimum absolute atomic E-state index is 0.718. The molecule has 0 unspecified atom stereocenters. The quantitative estimate of drug-likeness (QED) is 0.497. The smallest absolute Gasteiger partial charge is 0.191 e. The Kier molecular flexibility index (Phi) is 6.38. The molecule has 7 heteroatoms. The summed E-state index contributed by atoms with van der Waals surface area (Å²) in [6.07, 6.45) is 4.37. The highest BCUT2D eigenvalue weighted by Crippen LogP contribution is 2.16. The molecule has 136 valence electrons. The van der Waals surface area contributed by atoms with Crippen molar-refractivity contribution in [1.29, 1.82) is 0 Å². The minimum Gasteiger partial charge on any atom is -0.352 e. The maximum absolute atomic E-state index is 4.31. The first-order chi connectivity index (χ1) is 12.8. The van der Waals surface area contributed by atoms with Gasteiger partial charge in [-0.25, -0.2) is 9.67 Å². The second-order valence-corrected chi connectivity index (χ2v) is 7.17. The molecule has 0 amide bonds. The first-order valence-electron chi connectivity index (χ1n) is 8.69. The maximum atomic E-state index is 4.31. The number of aromatic nitrogens is 3. The molecule has 1 aromatic carbocycles. The molecule has 3 aromatic rings. The predicted octanol–water partition coefficient (Wildman–Crippen LogP) is 2.82. The SMILES string of the molecule is CCc1ccc(CNC(=NC)NCc2cccc(Cn3cncn3)c2)s1. The van der Waals surface area contributed by atoms with Crippen LogP contribution in [0, 0.1) is 0 Å². The lowest BCUT2D eigenvalue weighted by atomic mass is 10.1. The Labute approximate surface area is 158 Å². The van der Waals surface area contributed by atoms with Crippen LogP contribution >= 0.6 is 11.3 Å². The van der Waals surface area contributed by atoms with Gasteiger partial charge in [0.25, 0.3) is 0 Å². The van der Waals surface area contributed by atoms with E-state index in [4.69, 9.17) is 0 Å². The molecule has 0 saturated heterocycles. The molecule has 2 aromatic heterocycles. The molecule has 2 heterocycles. The fourth-order valence-electron chi connectivity index (χ4n) is 2.62. The molecule has 0 spiro atoms. The predicted molar refractivity (Wildman–Crippen MR) is 106 cm³/mol. The van der Waals surface area contributed by atoms with Crippen molar-refractivity contribution in [2.45, 2.75) is 33.0 Å². The van der Waals surface area contributed by atoms with Gasteiger partial charge >= 0.3 is 0 Å². The number of thiophene rings is 1. The van der Waals surface area contributed by atoms with Crippen molar-refractivity contribution in [2.75, 3.05) is 7.05 Å². The van der Waals surface area contributed by atoms with E-state index < -0.39 is 0 Å². The molecule has 0 saturated carbocycles. The normalized spacial score (nSPS) is 11.5. The van der Waals surface area contributed by atoms with E-state index >= 15 is 0 Å². The van der Waals surface area contributed by atoms with Crippen molar-refractivity contribution in [1.82, 2.24) is 25.4 Å². The number of nitrogens with zero attached hydrogens (tertiary/aromatic N) is 4. The summed E-state index contributed by atoms with van der Waals surface area (Å²) < 4.78 is 1.82. The highest BCUT2D eigenvalue weighted by molar-refractivity contribution is 7.11. The third-order valence-electron chi connectivity index (χ3n) is 3.98. The van der Waals surface area contributed by atoms with E-state index in [1.165, 1.54) is 20.9 Å². The van der Waals surface area contributed by atoms with Crippen molar-refractivity contribution in [3.05, 3.63) is 69.9 Å². The zero-order chi connectivity index (χ0) is 18.2. The van der Waals surface area contributed by atoms with Crippen LogP contribution in [0.1, 0.15) is 27.8 Å². The van der Waals surface area contributed by atoms with Gasteiger partial charge in [0.05, 0.1) is 13.1 Å². The van der Waals surface area contributed by atoms with Gasteiger partial charge in [-0.3, -0.25) is 4.99 Å². The largest absolute Gasteiger partial charge is 0.352 e. The zero-order valence-electron chi connectivity index (χ0n) is 15.1. The topological polar surface area (TPSA) is 67.1 Å². The van der Waals surface area contributed by atoms with Crippen molar-refractivity contribution in [3.63, 3.8) is 0 Å². The van der Waals surface area contributed by atoms with Gasteiger partial charge in [0.1, 0.15) is 12.7 Å². The molecule has 6 nitrogen and oxygen atoms in total. The second kappa shape index (κ2) is 9.15. The molecular weight excluding hydrogens is 344 g/mol. The Bertz CT molecular complexity index is 837. The van der Waals surface area contributed by atoms with Crippen LogP contribution in [0.5, 0.6) is 0 Å². The lowest BCUT2D eigenvalue weighted by Gasteiger charge is -2.12. The second-order valence-electron chi connectivity index (χ2n) is 5.91. The zero-order valence-corrected chi connectivity index (χ0v) is 16.0. The number of aliphatic imine (C=N–C) groups is 1. The summed E-state index contributed by atoms with van der Waals surface area (Å²) in [6, 6.07) is 12.8. The highest BCUT2D eigenvalue weighted by atomic mass is 32.1. The van der Waals surface area contributed by atoms with E-state index in [1.54, 1.807) is 19.7 Å². The first kappa shape index (κ1) is 18.1. The van der Waals surface area contributed by atoms with Gasteiger partial charge in [0.2, 0.25) is 0 Å². The van der Waals surface area contributed by atoms with E-state index in [-0.39, 0.29) is 0 Å². The van der Waals surface area contributed by atoms with Gasteiger partial charge in [-0.15, -0.1) is 11.3 Å². The van der Waals surface area contributed by atoms with Crippen LogP contribution in [0.4, 0.5) is 0 Å². The first-order valence-corrected chi connectivity index (χ1v) is 9.51. The highest BCUT2D eigenvalue weighted by Gasteiger charge is 2.03. The summed E-state index contributed by atoms with van der Waals surface area (Å²) in [4.78, 5) is 11.0. The number of hydrogen-bond acceptors (Lipinski definition) is 4. The number of guanidine groups is 1.